The van der Waals surface area contributed by atoms with E-state index in [1.165, 1.54) is 12.5 Å². The maximum Gasteiger partial charge on any atom is 0.326 e. The van der Waals surface area contributed by atoms with Gasteiger partial charge in [0.05, 0.1) is 12.4 Å². The van der Waals surface area contributed by atoms with Crippen molar-refractivity contribution in [1.29, 1.82) is 0 Å². The van der Waals surface area contributed by atoms with Gasteiger partial charge in [-0.1, -0.05) is 20.3 Å². The molecule has 0 spiro atoms. The molecule has 0 bridgehead atoms. The number of nitrogens with two attached hydrogens (primary N) is 2. The highest BCUT2D eigenvalue weighted by molar-refractivity contribution is 5.94. The highest BCUT2D eigenvalue weighted by Gasteiger charge is 2.32. The molecule has 0 radical (unpaired) electrons. The Bertz CT molecular complexity index is 876. The van der Waals surface area contributed by atoms with Crippen LogP contribution in [-0.4, -0.2) is 80.6 Å². The smallest absolute Gasteiger partial charge is 0.326 e. The Morgan fingerprint density at radius 2 is 1.64 bits per heavy atom. The van der Waals surface area contributed by atoms with Crippen LogP contribution in [-0.2, 0) is 30.4 Å². The van der Waals surface area contributed by atoms with E-state index in [2.05, 4.69) is 25.9 Å². The Morgan fingerprint density at radius 3 is 2.17 bits per heavy atom. The van der Waals surface area contributed by atoms with Crippen molar-refractivity contribution in [3.8, 4) is 0 Å². The molecule has 14 heteroatoms. The van der Waals surface area contributed by atoms with E-state index in [4.69, 9.17) is 16.6 Å². The minimum absolute atomic E-state index is 0.0376. The van der Waals surface area contributed by atoms with Crippen molar-refractivity contribution in [2.75, 3.05) is 6.54 Å². The molecule has 0 aliphatic rings. The molecule has 3 amide bonds. The van der Waals surface area contributed by atoms with Gasteiger partial charge in [-0.3, -0.25) is 19.2 Å². The Kier molecular flexibility index (Phi) is 13.1. The number of aromatic nitrogens is 2. The van der Waals surface area contributed by atoms with Gasteiger partial charge in [-0.15, -0.1) is 0 Å². The first-order valence-corrected chi connectivity index (χ1v) is 11.7. The van der Waals surface area contributed by atoms with Gasteiger partial charge >= 0.3 is 11.9 Å². The average Bonchev–Trinajstić information content (AvgIpc) is 3.32. The second kappa shape index (κ2) is 15.5. The Labute approximate surface area is 209 Å². The van der Waals surface area contributed by atoms with Gasteiger partial charge in [0.15, 0.2) is 0 Å². The Hall–Kier alpha value is -3.52. The third kappa shape index (κ3) is 10.8. The fourth-order valence-corrected chi connectivity index (χ4v) is 3.32. The van der Waals surface area contributed by atoms with E-state index < -0.39 is 66.2 Å². The lowest BCUT2D eigenvalue weighted by atomic mass is 10.0. The van der Waals surface area contributed by atoms with E-state index in [9.17, 15) is 29.1 Å². The topological polar surface area (TPSA) is 243 Å². The minimum atomic E-state index is -1.45. The number of carbonyl (C=O) groups is 5. The van der Waals surface area contributed by atoms with Crippen molar-refractivity contribution in [2.45, 2.75) is 76.5 Å². The molecule has 36 heavy (non-hydrogen) atoms. The second-order valence-electron chi connectivity index (χ2n) is 8.80. The number of rotatable bonds is 17. The zero-order valence-electron chi connectivity index (χ0n) is 20.5. The molecule has 1 aromatic rings. The molecule has 0 fully saturated rings. The number of carboxylic acid groups (broad SMARTS) is 2. The summed E-state index contributed by atoms with van der Waals surface area (Å²) in [5.74, 6) is -5.07. The molecular weight excluding hydrogens is 474 g/mol. The fraction of sp³-hybridized carbons (Fsp3) is 0.636. The number of aliphatic carboxylic acids is 2. The lowest BCUT2D eigenvalue weighted by Crippen LogP contribution is -2.59. The lowest BCUT2D eigenvalue weighted by Gasteiger charge is -2.27. The van der Waals surface area contributed by atoms with Gasteiger partial charge in [0.25, 0.3) is 0 Å². The monoisotopic (exact) mass is 511 g/mol. The fourth-order valence-electron chi connectivity index (χ4n) is 3.32. The van der Waals surface area contributed by atoms with Crippen LogP contribution in [0.25, 0.3) is 0 Å². The summed E-state index contributed by atoms with van der Waals surface area (Å²) in [4.78, 5) is 67.6. The predicted octanol–water partition coefficient (Wildman–Crippen LogP) is -1.53. The van der Waals surface area contributed by atoms with Crippen molar-refractivity contribution in [3.63, 3.8) is 0 Å². The van der Waals surface area contributed by atoms with E-state index >= 15 is 0 Å². The number of carboxylic acids is 2. The molecule has 202 valence electrons. The zero-order valence-corrected chi connectivity index (χ0v) is 20.5. The van der Waals surface area contributed by atoms with E-state index in [1.807, 2.05) is 0 Å². The van der Waals surface area contributed by atoms with Crippen LogP contribution in [0.15, 0.2) is 12.5 Å². The van der Waals surface area contributed by atoms with Gasteiger partial charge < -0.3 is 42.6 Å². The number of nitrogens with zero attached hydrogens (tertiary/aromatic N) is 1. The molecule has 0 aliphatic carbocycles. The summed E-state index contributed by atoms with van der Waals surface area (Å²) in [6, 6.07) is -4.56. The molecule has 0 aromatic carbocycles. The molecule has 1 rings (SSSR count). The summed E-state index contributed by atoms with van der Waals surface area (Å²) >= 11 is 0. The van der Waals surface area contributed by atoms with Gasteiger partial charge in [0.1, 0.15) is 18.1 Å². The maximum atomic E-state index is 13.2. The third-order valence-corrected chi connectivity index (χ3v) is 5.43. The van der Waals surface area contributed by atoms with Crippen molar-refractivity contribution in [3.05, 3.63) is 18.2 Å². The first-order valence-electron chi connectivity index (χ1n) is 11.7. The summed E-state index contributed by atoms with van der Waals surface area (Å²) in [5, 5.41) is 25.6. The summed E-state index contributed by atoms with van der Waals surface area (Å²) < 4.78 is 0. The van der Waals surface area contributed by atoms with Crippen molar-refractivity contribution >= 4 is 29.7 Å². The van der Waals surface area contributed by atoms with Crippen LogP contribution < -0.4 is 27.4 Å². The van der Waals surface area contributed by atoms with Gasteiger partial charge in [0, 0.05) is 24.7 Å². The lowest BCUT2D eigenvalue weighted by molar-refractivity contribution is -0.143. The predicted molar refractivity (Wildman–Crippen MR) is 128 cm³/mol. The van der Waals surface area contributed by atoms with E-state index in [1.54, 1.807) is 13.8 Å². The maximum absolute atomic E-state index is 13.2. The Morgan fingerprint density at radius 1 is 0.972 bits per heavy atom. The number of aromatic amines is 1. The molecule has 0 aliphatic heterocycles. The average molecular weight is 512 g/mol. The van der Waals surface area contributed by atoms with E-state index in [0.29, 0.717) is 31.5 Å². The number of nitrogens with one attached hydrogen (secondary N) is 4. The SMILES string of the molecule is CC(C)C(NC(=O)C(Cc1cnc[nH]1)NC(=O)C(N)CCCCN)C(=O)NC(CCC(=O)O)C(=O)O. The molecule has 0 saturated carbocycles. The summed E-state index contributed by atoms with van der Waals surface area (Å²) in [6.45, 7) is 3.76. The normalized spacial score (nSPS) is 14.4. The van der Waals surface area contributed by atoms with Crippen molar-refractivity contribution < 1.29 is 34.2 Å². The number of hydrogen-bond acceptors (Lipinski definition) is 8. The summed E-state index contributed by atoms with van der Waals surface area (Å²) in [6.07, 6.45) is 3.88. The van der Waals surface area contributed by atoms with Gasteiger partial charge in [-0.05, 0) is 31.7 Å². The number of amides is 3. The van der Waals surface area contributed by atoms with Crippen LogP contribution in [0.4, 0.5) is 0 Å². The summed E-state index contributed by atoms with van der Waals surface area (Å²) in [5.41, 5.74) is 12.0. The largest absolute Gasteiger partial charge is 0.481 e. The number of unbranched alkanes of at least 4 members (excludes halogenated alkanes) is 1. The Balaban J connectivity index is 2.96. The molecule has 10 N–H and O–H groups in total. The first-order chi connectivity index (χ1) is 17.0. The number of H-pyrrole nitrogens is 1. The van der Waals surface area contributed by atoms with Gasteiger partial charge in [-0.25, -0.2) is 9.78 Å². The standard InChI is InChI=1S/C22H37N7O7/c1-12(2)18(21(34)27-15(22(35)36)6-7-17(30)31)29-20(33)16(9-13-10-25-11-26-13)28-19(32)14(24)5-3-4-8-23/h10-12,14-16,18H,3-9,23-24H2,1-2H3,(H,25,26)(H,27,34)(H,28,32)(H,29,33)(H,30,31)(H,35,36). The van der Waals surface area contributed by atoms with Crippen LogP contribution in [0.3, 0.4) is 0 Å². The number of hydrogen-bond donors (Lipinski definition) is 8. The molecule has 1 aromatic heterocycles. The highest BCUT2D eigenvalue weighted by atomic mass is 16.4. The van der Waals surface area contributed by atoms with Gasteiger partial charge in [-0.2, -0.15) is 0 Å². The molecule has 4 unspecified atom stereocenters. The molecular formula is C22H37N7O7. The number of carbonyl (C=O) groups excluding carboxylic acids is 3. The van der Waals surface area contributed by atoms with Crippen LogP contribution >= 0.6 is 0 Å². The quantitative estimate of drug-likeness (QED) is 0.112. The second-order valence-corrected chi connectivity index (χ2v) is 8.80. The van der Waals surface area contributed by atoms with Crippen molar-refractivity contribution in [2.24, 2.45) is 17.4 Å². The van der Waals surface area contributed by atoms with Crippen LogP contribution in [0, 0.1) is 5.92 Å². The first kappa shape index (κ1) is 30.5. The third-order valence-electron chi connectivity index (χ3n) is 5.43. The molecule has 1 heterocycles. The molecule has 14 nitrogen and oxygen atoms in total. The summed E-state index contributed by atoms with van der Waals surface area (Å²) in [7, 11) is 0. The number of imidazole rings is 1. The van der Waals surface area contributed by atoms with Gasteiger partial charge in [0.2, 0.25) is 17.7 Å². The van der Waals surface area contributed by atoms with Crippen LogP contribution in [0.2, 0.25) is 0 Å². The minimum Gasteiger partial charge on any atom is -0.481 e. The van der Waals surface area contributed by atoms with Crippen LogP contribution in [0.5, 0.6) is 0 Å². The highest BCUT2D eigenvalue weighted by Crippen LogP contribution is 2.08. The zero-order chi connectivity index (χ0) is 27.3. The van der Waals surface area contributed by atoms with E-state index in [0.717, 1.165) is 0 Å². The molecule has 4 atom stereocenters. The van der Waals surface area contributed by atoms with Crippen molar-refractivity contribution in [1.82, 2.24) is 25.9 Å². The molecule has 0 saturated heterocycles. The van der Waals surface area contributed by atoms with E-state index in [-0.39, 0.29) is 12.8 Å². The van der Waals surface area contributed by atoms with Crippen LogP contribution in [0.1, 0.15) is 51.6 Å².